The fourth-order valence-corrected chi connectivity index (χ4v) is 4.06. The molecule has 1 aliphatic heterocycles. The smallest absolute Gasteiger partial charge is 0.287 e. The Labute approximate surface area is 169 Å². The maximum atomic E-state index is 13.5. The maximum absolute atomic E-state index is 13.5. The van der Waals surface area contributed by atoms with Crippen molar-refractivity contribution in [3.8, 4) is 0 Å². The second kappa shape index (κ2) is 8.03. The van der Waals surface area contributed by atoms with E-state index in [-0.39, 0.29) is 23.5 Å². The molecule has 5 nitrogen and oxygen atoms in total. The van der Waals surface area contributed by atoms with E-state index in [2.05, 4.69) is 17.1 Å². The summed E-state index contributed by atoms with van der Waals surface area (Å²) in [6.45, 7) is 8.35. The molecular formula is C23H27FN2O3. The van der Waals surface area contributed by atoms with Crippen molar-refractivity contribution >= 4 is 16.9 Å². The molecule has 1 aliphatic rings. The Hall–Kier alpha value is -2.60. The van der Waals surface area contributed by atoms with Crippen LogP contribution >= 0.6 is 0 Å². The molecule has 154 valence electrons. The van der Waals surface area contributed by atoms with Gasteiger partial charge in [0.1, 0.15) is 22.9 Å². The third-order valence-electron chi connectivity index (χ3n) is 5.91. The number of aryl methyl sites for hydroxylation is 2. The van der Waals surface area contributed by atoms with Gasteiger partial charge in [0.2, 0.25) is 0 Å². The lowest BCUT2D eigenvalue weighted by Crippen LogP contribution is -2.41. The standard InChI is InChI=1S/C23H27FN2O3/c1-14-8-10-26(11-9-14)19(21-6-4-15(2)28-21)13-25-23(27)22-16(3)18-12-17(24)5-7-20(18)29-22/h4-7,12,14,19H,8-11,13H2,1-3H3,(H,25,27)/t19-/m1/s1. The van der Waals surface area contributed by atoms with Crippen LogP contribution in [0.2, 0.25) is 0 Å². The predicted octanol–water partition coefficient (Wildman–Crippen LogP) is 4.98. The number of carbonyl (C=O) groups is 1. The van der Waals surface area contributed by atoms with Crippen molar-refractivity contribution in [2.24, 2.45) is 5.92 Å². The molecule has 0 radical (unpaired) electrons. The first-order valence-electron chi connectivity index (χ1n) is 10.2. The fraction of sp³-hybridized carbons (Fsp3) is 0.435. The average molecular weight is 398 g/mol. The first-order chi connectivity index (χ1) is 13.9. The lowest BCUT2D eigenvalue weighted by Gasteiger charge is -2.35. The third-order valence-corrected chi connectivity index (χ3v) is 5.91. The van der Waals surface area contributed by atoms with Crippen molar-refractivity contribution < 1.29 is 18.0 Å². The second-order valence-corrected chi connectivity index (χ2v) is 8.09. The van der Waals surface area contributed by atoms with Crippen molar-refractivity contribution in [3.63, 3.8) is 0 Å². The molecule has 0 saturated carbocycles. The summed E-state index contributed by atoms with van der Waals surface area (Å²) in [6, 6.07) is 8.20. The lowest BCUT2D eigenvalue weighted by molar-refractivity contribution is 0.0871. The van der Waals surface area contributed by atoms with Crippen molar-refractivity contribution in [3.05, 3.63) is 59.0 Å². The molecule has 3 heterocycles. The SMILES string of the molecule is Cc1ccc([C@@H](CNC(=O)c2oc3ccc(F)cc3c2C)N2CCC(C)CC2)o1. The van der Waals surface area contributed by atoms with E-state index in [9.17, 15) is 9.18 Å². The van der Waals surface area contributed by atoms with Crippen molar-refractivity contribution in [2.45, 2.75) is 39.7 Å². The van der Waals surface area contributed by atoms with Gasteiger partial charge in [-0.2, -0.15) is 0 Å². The highest BCUT2D eigenvalue weighted by Crippen LogP contribution is 2.29. The summed E-state index contributed by atoms with van der Waals surface area (Å²) < 4.78 is 25.1. The number of furan rings is 2. The Bertz CT molecular complexity index is 1010. The van der Waals surface area contributed by atoms with Gasteiger partial charge in [-0.15, -0.1) is 0 Å². The molecular weight excluding hydrogens is 371 g/mol. The number of carbonyl (C=O) groups excluding carboxylic acids is 1. The highest BCUT2D eigenvalue weighted by Gasteiger charge is 2.28. The van der Waals surface area contributed by atoms with Gasteiger partial charge in [-0.05, 0) is 76.0 Å². The number of nitrogens with one attached hydrogen (secondary N) is 1. The van der Waals surface area contributed by atoms with Crippen LogP contribution in [0, 0.1) is 25.6 Å². The molecule has 0 unspecified atom stereocenters. The van der Waals surface area contributed by atoms with Gasteiger partial charge in [0, 0.05) is 17.5 Å². The summed E-state index contributed by atoms with van der Waals surface area (Å²) in [5.74, 6) is 2.03. The van der Waals surface area contributed by atoms with Crippen LogP contribution in [-0.4, -0.2) is 30.4 Å². The van der Waals surface area contributed by atoms with Crippen LogP contribution < -0.4 is 5.32 Å². The van der Waals surface area contributed by atoms with Crippen LogP contribution in [-0.2, 0) is 0 Å². The molecule has 1 fully saturated rings. The quantitative estimate of drug-likeness (QED) is 0.658. The lowest BCUT2D eigenvalue weighted by atomic mass is 9.97. The minimum atomic E-state index is -0.346. The molecule has 1 N–H and O–H groups in total. The zero-order chi connectivity index (χ0) is 20.5. The van der Waals surface area contributed by atoms with Gasteiger partial charge in [0.05, 0.1) is 6.04 Å². The van der Waals surface area contributed by atoms with E-state index in [1.165, 1.54) is 12.1 Å². The molecule has 0 aliphatic carbocycles. The van der Waals surface area contributed by atoms with E-state index in [1.807, 2.05) is 19.1 Å². The average Bonchev–Trinajstić information content (AvgIpc) is 3.27. The number of halogens is 1. The van der Waals surface area contributed by atoms with Crippen molar-refractivity contribution in [1.82, 2.24) is 10.2 Å². The Morgan fingerprint density at radius 1 is 1.21 bits per heavy atom. The molecule has 1 atom stereocenters. The number of piperidine rings is 1. The summed E-state index contributed by atoms with van der Waals surface area (Å²) in [6.07, 6.45) is 2.27. The number of fused-ring (bicyclic) bond motifs is 1. The highest BCUT2D eigenvalue weighted by atomic mass is 19.1. The Morgan fingerprint density at radius 3 is 2.66 bits per heavy atom. The van der Waals surface area contributed by atoms with E-state index in [0.717, 1.165) is 43.4 Å². The Kier molecular flexibility index (Phi) is 5.46. The van der Waals surface area contributed by atoms with Crippen molar-refractivity contribution in [1.29, 1.82) is 0 Å². The number of nitrogens with zero attached hydrogens (tertiary/aromatic N) is 1. The number of hydrogen-bond acceptors (Lipinski definition) is 4. The molecule has 4 rings (SSSR count). The highest BCUT2D eigenvalue weighted by molar-refractivity contribution is 5.98. The summed E-state index contributed by atoms with van der Waals surface area (Å²) in [7, 11) is 0. The van der Waals surface area contributed by atoms with E-state index in [0.29, 0.717) is 23.1 Å². The molecule has 1 amide bonds. The monoisotopic (exact) mass is 398 g/mol. The summed E-state index contributed by atoms with van der Waals surface area (Å²) in [4.78, 5) is 15.2. The van der Waals surface area contributed by atoms with Crippen LogP contribution in [0.3, 0.4) is 0 Å². The van der Waals surface area contributed by atoms with Crippen LogP contribution in [0.1, 0.15) is 53.4 Å². The number of rotatable bonds is 5. The summed E-state index contributed by atoms with van der Waals surface area (Å²) in [5, 5.41) is 3.63. The number of amides is 1. The Balaban J connectivity index is 1.52. The summed E-state index contributed by atoms with van der Waals surface area (Å²) in [5.41, 5.74) is 1.16. The van der Waals surface area contributed by atoms with Crippen LogP contribution in [0.15, 0.2) is 39.2 Å². The predicted molar refractivity (Wildman–Crippen MR) is 109 cm³/mol. The van der Waals surface area contributed by atoms with E-state index in [4.69, 9.17) is 8.83 Å². The van der Waals surface area contributed by atoms with Gasteiger partial charge in [-0.3, -0.25) is 9.69 Å². The van der Waals surface area contributed by atoms with Crippen LogP contribution in [0.4, 0.5) is 4.39 Å². The number of hydrogen-bond donors (Lipinski definition) is 1. The molecule has 6 heteroatoms. The Morgan fingerprint density at radius 2 is 1.97 bits per heavy atom. The van der Waals surface area contributed by atoms with Gasteiger partial charge in [0.15, 0.2) is 5.76 Å². The molecule has 2 aromatic heterocycles. The van der Waals surface area contributed by atoms with Crippen molar-refractivity contribution in [2.75, 3.05) is 19.6 Å². The van der Waals surface area contributed by atoms with Gasteiger partial charge < -0.3 is 14.2 Å². The van der Waals surface area contributed by atoms with Gasteiger partial charge in [-0.1, -0.05) is 6.92 Å². The maximum Gasteiger partial charge on any atom is 0.287 e. The first kappa shape index (κ1) is 19.7. The minimum absolute atomic E-state index is 0.0257. The molecule has 0 bridgehead atoms. The minimum Gasteiger partial charge on any atom is -0.465 e. The number of likely N-dealkylation sites (tertiary alicyclic amines) is 1. The normalized spacial score (nSPS) is 17.0. The molecule has 1 saturated heterocycles. The molecule has 29 heavy (non-hydrogen) atoms. The van der Waals surface area contributed by atoms with Crippen LogP contribution in [0.25, 0.3) is 11.0 Å². The van der Waals surface area contributed by atoms with E-state index < -0.39 is 0 Å². The van der Waals surface area contributed by atoms with Gasteiger partial charge >= 0.3 is 0 Å². The number of benzene rings is 1. The fourth-order valence-electron chi connectivity index (χ4n) is 4.06. The molecule has 1 aromatic carbocycles. The van der Waals surface area contributed by atoms with E-state index in [1.54, 1.807) is 13.0 Å². The van der Waals surface area contributed by atoms with E-state index >= 15 is 0 Å². The molecule has 3 aromatic rings. The first-order valence-corrected chi connectivity index (χ1v) is 10.2. The van der Waals surface area contributed by atoms with Crippen LogP contribution in [0.5, 0.6) is 0 Å². The third kappa shape index (κ3) is 4.08. The summed E-state index contributed by atoms with van der Waals surface area (Å²) >= 11 is 0. The topological polar surface area (TPSA) is 58.6 Å². The zero-order valence-electron chi connectivity index (χ0n) is 17.1. The zero-order valence-corrected chi connectivity index (χ0v) is 17.1. The largest absolute Gasteiger partial charge is 0.465 e. The second-order valence-electron chi connectivity index (χ2n) is 8.09. The molecule has 0 spiro atoms. The van der Waals surface area contributed by atoms with Gasteiger partial charge in [-0.25, -0.2) is 4.39 Å². The van der Waals surface area contributed by atoms with Gasteiger partial charge in [0.25, 0.3) is 5.91 Å².